The van der Waals surface area contributed by atoms with Crippen molar-refractivity contribution >= 4 is 34.3 Å². The fourth-order valence-corrected chi connectivity index (χ4v) is 2.87. The summed E-state index contributed by atoms with van der Waals surface area (Å²) >= 11 is 6.28. The van der Waals surface area contributed by atoms with Crippen LogP contribution in [0.1, 0.15) is 10.4 Å². The van der Waals surface area contributed by atoms with Crippen LogP contribution in [0.2, 0.25) is 5.02 Å². The summed E-state index contributed by atoms with van der Waals surface area (Å²) in [6.45, 7) is -0.0534. The molecule has 0 atom stereocenters. The minimum Gasteiger partial charge on any atom is -0.344 e. The molecule has 1 aromatic heterocycles. The predicted octanol–water partition coefficient (Wildman–Crippen LogP) is 3.03. The summed E-state index contributed by atoms with van der Waals surface area (Å²) in [5.41, 5.74) is 2.39. The standard InChI is InChI=1S/C21H16ClN3O2/c1-2-11-23-20(26)13-24-21(27)16-12-19(15-8-3-5-9-17(15)22)25-18-10-6-4-7-14(16)18/h1,3-10,12H,11,13H2,(H,23,26)(H,24,27). The third-order valence-electron chi connectivity index (χ3n) is 3.91. The van der Waals surface area contributed by atoms with Crippen molar-refractivity contribution in [3.63, 3.8) is 0 Å². The van der Waals surface area contributed by atoms with Crippen LogP contribution < -0.4 is 10.6 Å². The molecule has 3 rings (SSSR count). The summed E-state index contributed by atoms with van der Waals surface area (Å²) in [6, 6.07) is 16.3. The number of nitrogens with zero attached hydrogens (tertiary/aromatic N) is 1. The Balaban J connectivity index is 1.96. The molecule has 0 spiro atoms. The second-order valence-corrected chi connectivity index (χ2v) is 6.12. The first-order valence-electron chi connectivity index (χ1n) is 8.23. The average Bonchev–Trinajstić information content (AvgIpc) is 2.70. The molecule has 27 heavy (non-hydrogen) atoms. The summed E-state index contributed by atoms with van der Waals surface area (Å²) in [5, 5.41) is 6.35. The van der Waals surface area contributed by atoms with E-state index in [4.69, 9.17) is 18.0 Å². The van der Waals surface area contributed by atoms with E-state index in [2.05, 4.69) is 21.5 Å². The zero-order valence-corrected chi connectivity index (χ0v) is 15.1. The summed E-state index contributed by atoms with van der Waals surface area (Å²) in [5.74, 6) is 1.57. The molecule has 0 saturated heterocycles. The maximum absolute atomic E-state index is 12.7. The maximum Gasteiger partial charge on any atom is 0.252 e. The number of carbonyl (C=O) groups excluding carboxylic acids is 2. The Labute approximate surface area is 161 Å². The van der Waals surface area contributed by atoms with Crippen LogP contribution in [0.3, 0.4) is 0 Å². The van der Waals surface area contributed by atoms with Gasteiger partial charge in [0.1, 0.15) is 0 Å². The van der Waals surface area contributed by atoms with E-state index in [9.17, 15) is 9.59 Å². The molecule has 2 aromatic carbocycles. The number of carbonyl (C=O) groups is 2. The van der Waals surface area contributed by atoms with Crippen molar-refractivity contribution in [2.45, 2.75) is 0 Å². The second kappa shape index (κ2) is 8.35. The summed E-state index contributed by atoms with van der Waals surface area (Å²) in [6.07, 6.45) is 5.10. The molecule has 0 aliphatic carbocycles. The molecular formula is C21H16ClN3O2. The van der Waals surface area contributed by atoms with Gasteiger partial charge in [0.15, 0.2) is 0 Å². The number of benzene rings is 2. The molecule has 1 heterocycles. The minimum atomic E-state index is -0.377. The molecule has 3 aromatic rings. The van der Waals surface area contributed by atoms with Crippen molar-refractivity contribution in [3.05, 3.63) is 65.2 Å². The summed E-state index contributed by atoms with van der Waals surface area (Å²) in [4.78, 5) is 29.0. The first kappa shape index (κ1) is 18.4. The molecule has 2 N–H and O–H groups in total. The fourth-order valence-electron chi connectivity index (χ4n) is 2.64. The predicted molar refractivity (Wildman–Crippen MR) is 106 cm³/mol. The molecular weight excluding hydrogens is 362 g/mol. The minimum absolute atomic E-state index is 0.115. The van der Waals surface area contributed by atoms with Gasteiger partial charge in [-0.15, -0.1) is 6.42 Å². The number of aromatic nitrogens is 1. The van der Waals surface area contributed by atoms with E-state index in [1.54, 1.807) is 12.1 Å². The van der Waals surface area contributed by atoms with Crippen LogP contribution in [-0.4, -0.2) is 29.9 Å². The van der Waals surface area contributed by atoms with Gasteiger partial charge in [0.25, 0.3) is 5.91 Å². The molecule has 0 fully saturated rings. The van der Waals surface area contributed by atoms with Crippen LogP contribution in [0.15, 0.2) is 54.6 Å². The Hall–Kier alpha value is -3.36. The molecule has 5 nitrogen and oxygen atoms in total. The van der Waals surface area contributed by atoms with Crippen LogP contribution in [0, 0.1) is 12.3 Å². The molecule has 0 bridgehead atoms. The number of hydrogen-bond acceptors (Lipinski definition) is 3. The highest BCUT2D eigenvalue weighted by Gasteiger charge is 2.15. The molecule has 0 unspecified atom stereocenters. The lowest BCUT2D eigenvalue weighted by molar-refractivity contribution is -0.119. The normalized spacial score (nSPS) is 10.2. The van der Waals surface area contributed by atoms with Gasteiger partial charge in [0.05, 0.1) is 29.9 Å². The van der Waals surface area contributed by atoms with E-state index in [0.717, 1.165) is 5.56 Å². The second-order valence-electron chi connectivity index (χ2n) is 5.72. The van der Waals surface area contributed by atoms with E-state index in [0.29, 0.717) is 27.2 Å². The number of amides is 2. The topological polar surface area (TPSA) is 71.1 Å². The Morgan fingerprint density at radius 1 is 1.07 bits per heavy atom. The van der Waals surface area contributed by atoms with Crippen molar-refractivity contribution in [3.8, 4) is 23.6 Å². The first-order chi connectivity index (χ1) is 13.1. The van der Waals surface area contributed by atoms with Gasteiger partial charge in [-0.3, -0.25) is 9.59 Å². The largest absolute Gasteiger partial charge is 0.344 e. The Morgan fingerprint density at radius 3 is 2.59 bits per heavy atom. The van der Waals surface area contributed by atoms with Gasteiger partial charge in [0, 0.05) is 16.0 Å². The lowest BCUT2D eigenvalue weighted by atomic mass is 10.0. The third-order valence-corrected chi connectivity index (χ3v) is 4.24. The van der Waals surface area contributed by atoms with Crippen LogP contribution >= 0.6 is 11.6 Å². The van der Waals surface area contributed by atoms with Gasteiger partial charge in [-0.1, -0.05) is 53.9 Å². The third kappa shape index (κ3) is 4.25. The molecule has 134 valence electrons. The lowest BCUT2D eigenvalue weighted by Gasteiger charge is -2.11. The van der Waals surface area contributed by atoms with Gasteiger partial charge in [0.2, 0.25) is 5.91 Å². The zero-order valence-electron chi connectivity index (χ0n) is 14.3. The van der Waals surface area contributed by atoms with E-state index >= 15 is 0 Å². The van der Waals surface area contributed by atoms with E-state index < -0.39 is 0 Å². The number of hydrogen-bond donors (Lipinski definition) is 2. The highest BCUT2D eigenvalue weighted by molar-refractivity contribution is 6.33. The first-order valence-corrected chi connectivity index (χ1v) is 8.61. The van der Waals surface area contributed by atoms with Gasteiger partial charge < -0.3 is 10.6 Å². The maximum atomic E-state index is 12.7. The molecule has 2 amide bonds. The van der Waals surface area contributed by atoms with Gasteiger partial charge in [-0.25, -0.2) is 4.98 Å². The number of para-hydroxylation sites is 1. The summed E-state index contributed by atoms with van der Waals surface area (Å²) in [7, 11) is 0. The molecule has 0 radical (unpaired) electrons. The smallest absolute Gasteiger partial charge is 0.252 e. The molecule has 0 aliphatic heterocycles. The quantitative estimate of drug-likeness (QED) is 0.671. The summed E-state index contributed by atoms with van der Waals surface area (Å²) < 4.78 is 0. The van der Waals surface area contributed by atoms with Crippen LogP contribution in [0.4, 0.5) is 0 Å². The lowest BCUT2D eigenvalue weighted by Crippen LogP contribution is -2.37. The number of pyridine rings is 1. The average molecular weight is 378 g/mol. The van der Waals surface area contributed by atoms with Crippen molar-refractivity contribution in [2.24, 2.45) is 0 Å². The van der Waals surface area contributed by atoms with Crippen LogP contribution in [-0.2, 0) is 4.79 Å². The zero-order chi connectivity index (χ0) is 19.2. The Kier molecular flexibility index (Phi) is 5.70. The SMILES string of the molecule is C#CCNC(=O)CNC(=O)c1cc(-c2ccccc2Cl)nc2ccccc12. The van der Waals surface area contributed by atoms with E-state index in [-0.39, 0.29) is 24.9 Å². The van der Waals surface area contributed by atoms with Crippen molar-refractivity contribution in [2.75, 3.05) is 13.1 Å². The van der Waals surface area contributed by atoms with Crippen LogP contribution in [0.5, 0.6) is 0 Å². The number of halogens is 1. The number of fused-ring (bicyclic) bond motifs is 1. The fraction of sp³-hybridized carbons (Fsp3) is 0.0952. The van der Waals surface area contributed by atoms with Gasteiger partial charge in [-0.2, -0.15) is 0 Å². The van der Waals surface area contributed by atoms with E-state index in [1.165, 1.54) is 0 Å². The number of rotatable bonds is 5. The Morgan fingerprint density at radius 2 is 1.81 bits per heavy atom. The van der Waals surface area contributed by atoms with Crippen LogP contribution in [0.25, 0.3) is 22.2 Å². The van der Waals surface area contributed by atoms with Gasteiger partial charge >= 0.3 is 0 Å². The van der Waals surface area contributed by atoms with Crippen molar-refractivity contribution in [1.82, 2.24) is 15.6 Å². The van der Waals surface area contributed by atoms with E-state index in [1.807, 2.05) is 42.5 Å². The molecule has 6 heteroatoms. The van der Waals surface area contributed by atoms with Crippen molar-refractivity contribution < 1.29 is 9.59 Å². The van der Waals surface area contributed by atoms with Crippen molar-refractivity contribution in [1.29, 1.82) is 0 Å². The molecule has 0 aliphatic rings. The highest BCUT2D eigenvalue weighted by atomic mass is 35.5. The monoisotopic (exact) mass is 377 g/mol. The number of nitrogens with one attached hydrogen (secondary N) is 2. The highest BCUT2D eigenvalue weighted by Crippen LogP contribution is 2.29. The van der Waals surface area contributed by atoms with Gasteiger partial charge in [-0.05, 0) is 18.2 Å². The molecule has 0 saturated carbocycles. The Bertz CT molecular complexity index is 1060. The number of terminal acetylenes is 1.